The van der Waals surface area contributed by atoms with Crippen molar-refractivity contribution in [1.29, 1.82) is 0 Å². The highest BCUT2D eigenvalue weighted by molar-refractivity contribution is 5.63. The van der Waals surface area contributed by atoms with E-state index in [0.29, 0.717) is 0 Å². The molecule has 0 saturated carbocycles. The quantitative estimate of drug-likeness (QED) is 0.716. The van der Waals surface area contributed by atoms with Crippen molar-refractivity contribution < 1.29 is 5.11 Å². The van der Waals surface area contributed by atoms with Crippen LogP contribution in [0.25, 0.3) is 5.57 Å². The molecular weight excluding hydrogens is 332 g/mol. The number of nitrogens with two attached hydrogens (primary N) is 1. The summed E-state index contributed by atoms with van der Waals surface area (Å²) in [6.07, 6.45) is 10.9. The molecule has 1 aromatic carbocycles. The van der Waals surface area contributed by atoms with E-state index in [2.05, 4.69) is 61.4 Å². The fourth-order valence-corrected chi connectivity index (χ4v) is 2.58. The van der Waals surface area contributed by atoms with E-state index in [0.717, 1.165) is 51.9 Å². The first kappa shape index (κ1) is 27.6. The van der Waals surface area contributed by atoms with Gasteiger partial charge in [-0.25, -0.2) is 0 Å². The molecule has 2 rings (SSSR count). The molecule has 0 atom stereocenters. The molecule has 0 bridgehead atoms. The van der Waals surface area contributed by atoms with Crippen LogP contribution in [-0.2, 0) is 0 Å². The van der Waals surface area contributed by atoms with Crippen LogP contribution in [0.4, 0.5) is 0 Å². The average Bonchev–Trinajstić information content (AvgIpc) is 2.71. The van der Waals surface area contributed by atoms with E-state index in [1.54, 1.807) is 6.92 Å². The molecule has 1 heterocycles. The van der Waals surface area contributed by atoms with Crippen molar-refractivity contribution in [2.24, 2.45) is 5.73 Å². The Morgan fingerprint density at radius 3 is 2.22 bits per heavy atom. The van der Waals surface area contributed by atoms with Gasteiger partial charge in [-0.3, -0.25) is 0 Å². The third kappa shape index (κ3) is 16.3. The van der Waals surface area contributed by atoms with Crippen LogP contribution in [0.5, 0.6) is 0 Å². The van der Waals surface area contributed by atoms with Gasteiger partial charge in [-0.15, -0.1) is 12.3 Å². The van der Waals surface area contributed by atoms with Gasteiger partial charge in [0.05, 0.1) is 6.10 Å². The Bertz CT molecular complexity index is 480. The fraction of sp³-hybridized carbons (Fsp3) is 0.583. The van der Waals surface area contributed by atoms with Crippen molar-refractivity contribution in [3.63, 3.8) is 0 Å². The lowest BCUT2D eigenvalue weighted by atomic mass is 10.1. The minimum absolute atomic E-state index is 0.0517. The molecule has 3 N–H and O–H groups in total. The summed E-state index contributed by atoms with van der Waals surface area (Å²) in [6, 6.07) is 10.5. The summed E-state index contributed by atoms with van der Waals surface area (Å²) >= 11 is 0. The summed E-state index contributed by atoms with van der Waals surface area (Å²) in [4.78, 5) is 2.37. The molecule has 27 heavy (non-hydrogen) atoms. The zero-order valence-corrected chi connectivity index (χ0v) is 18.2. The Morgan fingerprint density at radius 1 is 1.26 bits per heavy atom. The summed E-state index contributed by atoms with van der Waals surface area (Å²) in [5, 5.41) is 9.20. The predicted octanol–water partition coefficient (Wildman–Crippen LogP) is 4.96. The van der Waals surface area contributed by atoms with E-state index in [1.165, 1.54) is 11.1 Å². The highest BCUT2D eigenvalue weighted by Crippen LogP contribution is 2.12. The Morgan fingerprint density at radius 2 is 1.78 bits per heavy atom. The third-order valence-electron chi connectivity index (χ3n) is 3.98. The van der Waals surface area contributed by atoms with Gasteiger partial charge in [0.15, 0.2) is 0 Å². The molecule has 3 heteroatoms. The molecule has 1 aromatic rings. The van der Waals surface area contributed by atoms with Gasteiger partial charge >= 0.3 is 0 Å². The maximum atomic E-state index is 9.20. The molecule has 0 spiro atoms. The second kappa shape index (κ2) is 20.7. The number of hydrogen-bond donors (Lipinski definition) is 2. The summed E-state index contributed by atoms with van der Waals surface area (Å²) in [5.74, 6) is 2.25. The van der Waals surface area contributed by atoms with Gasteiger partial charge in [0.2, 0.25) is 0 Å². The maximum absolute atomic E-state index is 9.20. The van der Waals surface area contributed by atoms with Gasteiger partial charge in [0, 0.05) is 13.1 Å². The SMILES string of the molecule is C#CC.CC.CC/C=C(\C)c1ccccc1.NCCCN1CCC(O)CC1. The second-order valence-electron chi connectivity index (χ2n) is 6.17. The third-order valence-corrected chi connectivity index (χ3v) is 3.98. The van der Waals surface area contributed by atoms with Crippen LogP contribution >= 0.6 is 0 Å². The molecule has 154 valence electrons. The van der Waals surface area contributed by atoms with Crippen molar-refractivity contribution >= 4 is 5.57 Å². The zero-order valence-electron chi connectivity index (χ0n) is 18.2. The lowest BCUT2D eigenvalue weighted by Crippen LogP contribution is -2.36. The smallest absolute Gasteiger partial charge is 0.0564 e. The monoisotopic (exact) mass is 374 g/mol. The van der Waals surface area contributed by atoms with E-state index in [9.17, 15) is 5.11 Å². The van der Waals surface area contributed by atoms with Crippen LogP contribution in [0, 0.1) is 12.3 Å². The molecule has 3 nitrogen and oxygen atoms in total. The molecule has 0 amide bonds. The topological polar surface area (TPSA) is 49.5 Å². The molecule has 0 aromatic heterocycles. The van der Waals surface area contributed by atoms with E-state index < -0.39 is 0 Å². The number of hydrogen-bond acceptors (Lipinski definition) is 3. The minimum atomic E-state index is -0.0517. The number of piperidine rings is 1. The molecule has 1 saturated heterocycles. The van der Waals surface area contributed by atoms with Crippen molar-refractivity contribution in [2.75, 3.05) is 26.2 Å². The number of rotatable bonds is 5. The Kier molecular flexibility index (Phi) is 21.2. The first-order chi connectivity index (χ1) is 13.1. The first-order valence-corrected chi connectivity index (χ1v) is 10.3. The number of nitrogens with zero attached hydrogens (tertiary/aromatic N) is 1. The van der Waals surface area contributed by atoms with E-state index in [1.807, 2.05) is 19.9 Å². The molecular formula is C24H42N2O. The molecule has 0 aliphatic carbocycles. The fourth-order valence-electron chi connectivity index (χ4n) is 2.58. The highest BCUT2D eigenvalue weighted by Gasteiger charge is 2.15. The molecule has 1 fully saturated rings. The largest absolute Gasteiger partial charge is 0.393 e. The van der Waals surface area contributed by atoms with Crippen LogP contribution in [0.15, 0.2) is 36.4 Å². The number of terminal acetylenes is 1. The standard InChI is InChI=1S/C11H14.C8H18N2O.C3H4.C2H6/c1-3-7-10(2)11-8-5-4-6-9-11;9-4-1-5-10-6-2-8(11)3-7-10;1-3-2;1-2/h4-9H,3H2,1-2H3;8,11H,1-7,9H2;1H,2H3;1-2H3/b10-7+;;;. The number of benzene rings is 1. The maximum Gasteiger partial charge on any atom is 0.0564 e. The Balaban J connectivity index is 0. The van der Waals surface area contributed by atoms with Crippen LogP contribution < -0.4 is 5.73 Å². The van der Waals surface area contributed by atoms with E-state index >= 15 is 0 Å². The number of aliphatic hydroxyl groups is 1. The van der Waals surface area contributed by atoms with Crippen LogP contribution in [0.2, 0.25) is 0 Å². The minimum Gasteiger partial charge on any atom is -0.393 e. The molecule has 0 unspecified atom stereocenters. The van der Waals surface area contributed by atoms with Crippen molar-refractivity contribution in [3.8, 4) is 12.3 Å². The highest BCUT2D eigenvalue weighted by atomic mass is 16.3. The molecule has 1 aliphatic heterocycles. The number of allylic oxidation sites excluding steroid dienone is 2. The lowest BCUT2D eigenvalue weighted by molar-refractivity contribution is 0.0824. The Hall–Kier alpha value is -1.60. The van der Waals surface area contributed by atoms with E-state index in [4.69, 9.17) is 5.73 Å². The number of likely N-dealkylation sites (tertiary alicyclic amines) is 1. The van der Waals surface area contributed by atoms with Gasteiger partial charge < -0.3 is 15.7 Å². The predicted molar refractivity (Wildman–Crippen MR) is 122 cm³/mol. The van der Waals surface area contributed by atoms with Gasteiger partial charge in [0.1, 0.15) is 0 Å². The summed E-state index contributed by atoms with van der Waals surface area (Å²) in [6.45, 7) is 13.9. The molecule has 0 radical (unpaired) electrons. The second-order valence-corrected chi connectivity index (χ2v) is 6.17. The van der Waals surface area contributed by atoms with Gasteiger partial charge in [-0.05, 0) is 63.8 Å². The van der Waals surface area contributed by atoms with Crippen molar-refractivity contribution in [2.45, 2.75) is 66.4 Å². The van der Waals surface area contributed by atoms with E-state index in [-0.39, 0.29) is 6.10 Å². The van der Waals surface area contributed by atoms with Crippen LogP contribution in [-0.4, -0.2) is 42.3 Å². The summed E-state index contributed by atoms with van der Waals surface area (Å²) in [5.41, 5.74) is 8.09. The average molecular weight is 375 g/mol. The van der Waals surface area contributed by atoms with Gasteiger partial charge in [0.25, 0.3) is 0 Å². The van der Waals surface area contributed by atoms with Gasteiger partial charge in [-0.1, -0.05) is 57.2 Å². The van der Waals surface area contributed by atoms with Crippen LogP contribution in [0.3, 0.4) is 0 Å². The van der Waals surface area contributed by atoms with Crippen molar-refractivity contribution in [3.05, 3.63) is 42.0 Å². The zero-order chi connectivity index (χ0) is 20.9. The molecule has 1 aliphatic rings. The van der Waals surface area contributed by atoms with Crippen LogP contribution in [0.1, 0.15) is 65.9 Å². The lowest BCUT2D eigenvalue weighted by Gasteiger charge is -2.29. The van der Waals surface area contributed by atoms with Gasteiger partial charge in [-0.2, -0.15) is 0 Å². The first-order valence-electron chi connectivity index (χ1n) is 10.3. The number of aliphatic hydroxyl groups excluding tert-OH is 1. The van der Waals surface area contributed by atoms with Crippen molar-refractivity contribution in [1.82, 2.24) is 4.90 Å². The normalized spacial score (nSPS) is 14.4. The summed E-state index contributed by atoms with van der Waals surface area (Å²) in [7, 11) is 0. The summed E-state index contributed by atoms with van der Waals surface area (Å²) < 4.78 is 0. The Labute approximate surface area is 168 Å².